The lowest BCUT2D eigenvalue weighted by Crippen LogP contribution is -2.18. The van der Waals surface area contributed by atoms with Gasteiger partial charge in [-0.2, -0.15) is 5.10 Å². The van der Waals surface area contributed by atoms with Gasteiger partial charge >= 0.3 is 0 Å². The van der Waals surface area contributed by atoms with E-state index in [2.05, 4.69) is 10.4 Å². The lowest BCUT2D eigenvalue weighted by Gasteiger charge is -1.98. The van der Waals surface area contributed by atoms with Crippen LogP contribution in [-0.4, -0.2) is 16.8 Å². The van der Waals surface area contributed by atoms with E-state index in [0.29, 0.717) is 0 Å². The monoisotopic (exact) mass is 139 g/mol. The highest BCUT2D eigenvalue weighted by Crippen LogP contribution is 1.94. The summed E-state index contributed by atoms with van der Waals surface area (Å²) in [5.41, 5.74) is 0.634. The minimum Gasteiger partial charge on any atom is -0.387 e. The van der Waals surface area contributed by atoms with Gasteiger partial charge in [-0.25, -0.2) is 4.68 Å². The maximum atomic E-state index is 10.9. The van der Waals surface area contributed by atoms with Gasteiger partial charge in [-0.05, 0) is 0 Å². The van der Waals surface area contributed by atoms with Crippen LogP contribution in [0.1, 0.15) is 0 Å². The van der Waals surface area contributed by atoms with E-state index < -0.39 is 0 Å². The molecule has 0 aliphatic carbocycles. The molecule has 4 nitrogen and oxygen atoms in total. The van der Waals surface area contributed by atoms with E-state index in [1.165, 1.54) is 10.7 Å². The molecule has 0 unspecified atom stereocenters. The molecule has 0 radical (unpaired) electrons. The predicted molar refractivity (Wildman–Crippen MR) is 39.0 cm³/mol. The van der Waals surface area contributed by atoms with Gasteiger partial charge in [-0.1, -0.05) is 0 Å². The minimum atomic E-state index is -0.105. The van der Waals surface area contributed by atoms with E-state index in [1.807, 2.05) is 0 Å². The van der Waals surface area contributed by atoms with Gasteiger partial charge < -0.3 is 5.32 Å². The van der Waals surface area contributed by atoms with Crippen LogP contribution in [0.5, 0.6) is 0 Å². The lowest BCUT2D eigenvalue weighted by atomic mass is 10.5. The van der Waals surface area contributed by atoms with Crippen molar-refractivity contribution >= 4 is 5.69 Å². The van der Waals surface area contributed by atoms with E-state index >= 15 is 0 Å². The Morgan fingerprint density at radius 2 is 2.40 bits per heavy atom. The summed E-state index contributed by atoms with van der Waals surface area (Å²) in [5.74, 6) is 0. The summed E-state index contributed by atoms with van der Waals surface area (Å²) in [5, 5.41) is 6.61. The molecule has 0 aromatic carbocycles. The fourth-order valence-corrected chi connectivity index (χ4v) is 0.606. The van der Waals surface area contributed by atoms with Crippen LogP contribution in [0, 0.1) is 0 Å². The molecule has 1 N–H and O–H groups in total. The maximum Gasteiger partial charge on any atom is 0.268 e. The summed E-state index contributed by atoms with van der Waals surface area (Å²) in [4.78, 5) is 10.9. The topological polar surface area (TPSA) is 46.9 Å². The van der Waals surface area contributed by atoms with Crippen LogP contribution in [-0.2, 0) is 7.05 Å². The molecule has 0 amide bonds. The van der Waals surface area contributed by atoms with Gasteiger partial charge in [0.05, 0.1) is 11.9 Å². The third-order valence-electron chi connectivity index (χ3n) is 1.26. The first kappa shape index (κ1) is 6.80. The number of nitrogens with zero attached hydrogens (tertiary/aromatic N) is 2. The van der Waals surface area contributed by atoms with Crippen molar-refractivity contribution in [3.05, 3.63) is 22.6 Å². The van der Waals surface area contributed by atoms with Gasteiger partial charge in [0.15, 0.2) is 0 Å². The zero-order valence-corrected chi connectivity index (χ0v) is 5.96. The lowest BCUT2D eigenvalue weighted by molar-refractivity contribution is 0.708. The van der Waals surface area contributed by atoms with Crippen molar-refractivity contribution in [1.29, 1.82) is 0 Å². The third kappa shape index (κ3) is 1.15. The fourth-order valence-electron chi connectivity index (χ4n) is 0.606. The number of hydrogen-bond donors (Lipinski definition) is 1. The van der Waals surface area contributed by atoms with E-state index in [0.717, 1.165) is 5.69 Å². The highest BCUT2D eigenvalue weighted by molar-refractivity contribution is 5.37. The highest BCUT2D eigenvalue weighted by atomic mass is 16.1. The Morgan fingerprint density at radius 1 is 1.70 bits per heavy atom. The zero-order chi connectivity index (χ0) is 7.56. The second kappa shape index (κ2) is 2.51. The Balaban J connectivity index is 3.17. The molecule has 10 heavy (non-hydrogen) atoms. The highest BCUT2D eigenvalue weighted by Gasteiger charge is 1.91. The summed E-state index contributed by atoms with van der Waals surface area (Å²) < 4.78 is 1.28. The third-order valence-corrected chi connectivity index (χ3v) is 1.26. The molecule has 0 atom stereocenters. The largest absolute Gasteiger partial charge is 0.387 e. The van der Waals surface area contributed by atoms with Crippen LogP contribution in [0.3, 0.4) is 0 Å². The van der Waals surface area contributed by atoms with Crippen LogP contribution in [0.4, 0.5) is 5.69 Å². The van der Waals surface area contributed by atoms with Crippen LogP contribution < -0.4 is 10.9 Å². The number of anilines is 1. The van der Waals surface area contributed by atoms with Crippen molar-refractivity contribution in [3.8, 4) is 0 Å². The summed E-state index contributed by atoms with van der Waals surface area (Å²) in [6.07, 6.45) is 1.60. The van der Waals surface area contributed by atoms with Gasteiger partial charge in [-0.3, -0.25) is 4.79 Å². The van der Waals surface area contributed by atoms with E-state index in [1.54, 1.807) is 20.3 Å². The normalized spacial score (nSPS) is 9.40. The molecule has 0 saturated heterocycles. The SMILES string of the molecule is CNc1cnn(C)c(=O)c1. The van der Waals surface area contributed by atoms with Crippen molar-refractivity contribution in [2.45, 2.75) is 0 Å². The molecule has 1 aromatic heterocycles. The number of nitrogens with one attached hydrogen (secondary N) is 1. The molecule has 1 rings (SSSR count). The Labute approximate surface area is 58.5 Å². The molecule has 0 spiro atoms. The van der Waals surface area contributed by atoms with Crippen LogP contribution >= 0.6 is 0 Å². The van der Waals surface area contributed by atoms with Gasteiger partial charge in [0.1, 0.15) is 0 Å². The molecule has 54 valence electrons. The van der Waals surface area contributed by atoms with Crippen molar-refractivity contribution in [3.63, 3.8) is 0 Å². The Morgan fingerprint density at radius 3 is 2.90 bits per heavy atom. The predicted octanol–water partition coefficient (Wildman–Crippen LogP) is -0.178. The van der Waals surface area contributed by atoms with Gasteiger partial charge in [0, 0.05) is 20.2 Å². The Hall–Kier alpha value is -1.32. The summed E-state index contributed by atoms with van der Waals surface area (Å²) in [7, 11) is 3.36. The number of aryl methyl sites for hydroxylation is 1. The first-order valence-electron chi connectivity index (χ1n) is 2.95. The van der Waals surface area contributed by atoms with Crippen molar-refractivity contribution in [2.24, 2.45) is 7.05 Å². The first-order chi connectivity index (χ1) is 4.74. The van der Waals surface area contributed by atoms with Crippen LogP contribution in [0.2, 0.25) is 0 Å². The maximum absolute atomic E-state index is 10.9. The smallest absolute Gasteiger partial charge is 0.268 e. The number of rotatable bonds is 1. The molecule has 0 fully saturated rings. The summed E-state index contributed by atoms with van der Waals surface area (Å²) >= 11 is 0. The number of aromatic nitrogens is 2. The molecule has 0 saturated carbocycles. The standard InChI is InChI=1S/C6H9N3O/c1-7-5-3-6(10)9(2)8-4-5/h3-4,7H,1-2H3. The second-order valence-corrected chi connectivity index (χ2v) is 1.96. The molecule has 0 bridgehead atoms. The first-order valence-corrected chi connectivity index (χ1v) is 2.95. The van der Waals surface area contributed by atoms with Crippen molar-refractivity contribution in [1.82, 2.24) is 9.78 Å². The van der Waals surface area contributed by atoms with Crippen molar-refractivity contribution < 1.29 is 0 Å². The molecule has 4 heteroatoms. The summed E-state index contributed by atoms with van der Waals surface area (Å²) in [6.45, 7) is 0. The van der Waals surface area contributed by atoms with E-state index in [-0.39, 0.29) is 5.56 Å². The quantitative estimate of drug-likeness (QED) is 0.587. The molecule has 0 aliphatic rings. The van der Waals surface area contributed by atoms with Gasteiger partial charge in [0.25, 0.3) is 5.56 Å². The zero-order valence-electron chi connectivity index (χ0n) is 5.96. The molecule has 1 heterocycles. The van der Waals surface area contributed by atoms with Crippen LogP contribution in [0.15, 0.2) is 17.1 Å². The Bertz CT molecular complexity index is 279. The average Bonchev–Trinajstić information content (AvgIpc) is 1.95. The molecular formula is C6H9N3O. The molecule has 0 aliphatic heterocycles. The molecule has 1 aromatic rings. The van der Waals surface area contributed by atoms with Crippen LogP contribution in [0.25, 0.3) is 0 Å². The second-order valence-electron chi connectivity index (χ2n) is 1.96. The number of hydrogen-bond acceptors (Lipinski definition) is 3. The summed E-state index contributed by atoms with van der Waals surface area (Å²) in [6, 6.07) is 1.49. The van der Waals surface area contributed by atoms with E-state index in [4.69, 9.17) is 0 Å². The Kier molecular flexibility index (Phi) is 1.71. The average molecular weight is 139 g/mol. The van der Waals surface area contributed by atoms with Gasteiger partial charge in [-0.15, -0.1) is 0 Å². The minimum absolute atomic E-state index is 0.105. The molecular weight excluding hydrogens is 130 g/mol. The van der Waals surface area contributed by atoms with E-state index in [9.17, 15) is 4.79 Å². The van der Waals surface area contributed by atoms with Gasteiger partial charge in [0.2, 0.25) is 0 Å². The van der Waals surface area contributed by atoms with Crippen molar-refractivity contribution in [2.75, 3.05) is 12.4 Å². The fraction of sp³-hybridized carbons (Fsp3) is 0.333.